The Morgan fingerprint density at radius 3 is 2.95 bits per heavy atom. The first-order valence-corrected chi connectivity index (χ1v) is 7.17. The normalized spacial score (nSPS) is 19.1. The second-order valence-corrected chi connectivity index (χ2v) is 5.74. The number of carbonyl (C=O) groups is 2. The summed E-state index contributed by atoms with van der Waals surface area (Å²) >= 11 is 0. The molecular formula is C15H22N2O3. The molecule has 20 heavy (non-hydrogen) atoms. The number of furan rings is 1. The van der Waals surface area contributed by atoms with Crippen molar-refractivity contribution in [1.82, 2.24) is 10.2 Å². The second kappa shape index (κ2) is 6.59. The summed E-state index contributed by atoms with van der Waals surface area (Å²) in [7, 11) is 0. The van der Waals surface area contributed by atoms with Crippen LogP contribution in [0.3, 0.4) is 0 Å². The van der Waals surface area contributed by atoms with Gasteiger partial charge in [0.15, 0.2) is 0 Å². The Bertz CT molecular complexity index is 454. The molecule has 2 heterocycles. The molecule has 5 nitrogen and oxygen atoms in total. The van der Waals surface area contributed by atoms with Crippen molar-refractivity contribution in [2.45, 2.75) is 26.7 Å². The van der Waals surface area contributed by atoms with E-state index in [0.29, 0.717) is 31.1 Å². The van der Waals surface area contributed by atoms with Gasteiger partial charge >= 0.3 is 0 Å². The van der Waals surface area contributed by atoms with Crippen LogP contribution < -0.4 is 5.32 Å². The monoisotopic (exact) mass is 278 g/mol. The van der Waals surface area contributed by atoms with Crippen molar-refractivity contribution in [3.8, 4) is 0 Å². The maximum Gasteiger partial charge on any atom is 0.257 e. The topological polar surface area (TPSA) is 62.6 Å². The lowest BCUT2D eigenvalue weighted by Crippen LogP contribution is -2.45. The van der Waals surface area contributed by atoms with E-state index in [4.69, 9.17) is 4.42 Å². The van der Waals surface area contributed by atoms with Gasteiger partial charge in [0.05, 0.1) is 17.7 Å². The summed E-state index contributed by atoms with van der Waals surface area (Å²) in [6, 6.07) is 1.66. The number of nitrogens with zero attached hydrogens (tertiary/aromatic N) is 1. The molecule has 2 amide bonds. The largest absolute Gasteiger partial charge is 0.472 e. The number of hydrogen-bond donors (Lipinski definition) is 1. The van der Waals surface area contributed by atoms with Gasteiger partial charge in [-0.2, -0.15) is 0 Å². The number of piperidine rings is 1. The van der Waals surface area contributed by atoms with Crippen molar-refractivity contribution < 1.29 is 14.0 Å². The molecule has 0 unspecified atom stereocenters. The van der Waals surface area contributed by atoms with Crippen LogP contribution in [0.25, 0.3) is 0 Å². The number of amides is 2. The van der Waals surface area contributed by atoms with E-state index in [0.717, 1.165) is 12.8 Å². The van der Waals surface area contributed by atoms with Crippen LogP contribution in [0.1, 0.15) is 37.0 Å². The summed E-state index contributed by atoms with van der Waals surface area (Å²) in [5.41, 5.74) is 0.549. The summed E-state index contributed by atoms with van der Waals surface area (Å²) in [5.74, 6) is 0.341. The Morgan fingerprint density at radius 1 is 1.50 bits per heavy atom. The highest BCUT2D eigenvalue weighted by molar-refractivity contribution is 5.94. The van der Waals surface area contributed by atoms with Gasteiger partial charge in [-0.15, -0.1) is 0 Å². The lowest BCUT2D eigenvalue weighted by Gasteiger charge is -2.32. The SMILES string of the molecule is CC(C)CNC(=O)[C@H]1CCCN(C(=O)c2ccoc2)C1. The third-order valence-electron chi connectivity index (χ3n) is 3.53. The zero-order valence-corrected chi connectivity index (χ0v) is 12.1. The lowest BCUT2D eigenvalue weighted by molar-refractivity contribution is -0.126. The average molecular weight is 278 g/mol. The molecule has 0 saturated carbocycles. The van der Waals surface area contributed by atoms with E-state index in [2.05, 4.69) is 19.2 Å². The molecule has 0 bridgehead atoms. The number of rotatable bonds is 4. The van der Waals surface area contributed by atoms with Crippen molar-refractivity contribution in [2.24, 2.45) is 11.8 Å². The molecule has 0 aromatic carbocycles. The zero-order chi connectivity index (χ0) is 14.5. The van der Waals surface area contributed by atoms with Gasteiger partial charge in [0.1, 0.15) is 6.26 Å². The van der Waals surface area contributed by atoms with E-state index >= 15 is 0 Å². The van der Waals surface area contributed by atoms with Crippen LogP contribution in [0.2, 0.25) is 0 Å². The van der Waals surface area contributed by atoms with Crippen molar-refractivity contribution in [3.63, 3.8) is 0 Å². The molecular weight excluding hydrogens is 256 g/mol. The first-order chi connectivity index (χ1) is 9.58. The smallest absolute Gasteiger partial charge is 0.257 e. The van der Waals surface area contributed by atoms with Crippen LogP contribution in [0.5, 0.6) is 0 Å². The van der Waals surface area contributed by atoms with Gasteiger partial charge in [-0.25, -0.2) is 0 Å². The Hall–Kier alpha value is -1.78. The predicted molar refractivity (Wildman–Crippen MR) is 75.2 cm³/mol. The molecule has 1 aliphatic heterocycles. The van der Waals surface area contributed by atoms with Crippen molar-refractivity contribution >= 4 is 11.8 Å². The van der Waals surface area contributed by atoms with E-state index in [1.165, 1.54) is 12.5 Å². The van der Waals surface area contributed by atoms with E-state index in [-0.39, 0.29) is 17.7 Å². The van der Waals surface area contributed by atoms with Gasteiger partial charge in [-0.1, -0.05) is 13.8 Å². The standard InChI is InChI=1S/C15H22N2O3/c1-11(2)8-16-14(18)12-4-3-6-17(9-12)15(19)13-5-7-20-10-13/h5,7,10-12H,3-4,6,8-9H2,1-2H3,(H,16,18)/t12-/m0/s1. The summed E-state index contributed by atoms with van der Waals surface area (Å²) in [5, 5.41) is 2.95. The number of likely N-dealkylation sites (tertiary alicyclic amines) is 1. The minimum absolute atomic E-state index is 0.0555. The fourth-order valence-electron chi connectivity index (χ4n) is 2.39. The molecule has 1 aliphatic rings. The molecule has 1 saturated heterocycles. The third-order valence-corrected chi connectivity index (χ3v) is 3.53. The molecule has 1 N–H and O–H groups in total. The fourth-order valence-corrected chi connectivity index (χ4v) is 2.39. The van der Waals surface area contributed by atoms with Gasteiger partial charge in [0.25, 0.3) is 5.91 Å². The van der Waals surface area contributed by atoms with E-state index < -0.39 is 0 Å². The van der Waals surface area contributed by atoms with Crippen LogP contribution in [0.4, 0.5) is 0 Å². The van der Waals surface area contributed by atoms with Crippen LogP contribution in [-0.2, 0) is 4.79 Å². The Kier molecular flexibility index (Phi) is 4.82. The number of nitrogens with one attached hydrogen (secondary N) is 1. The molecule has 0 radical (unpaired) electrons. The molecule has 110 valence electrons. The van der Waals surface area contributed by atoms with Crippen molar-refractivity contribution in [3.05, 3.63) is 24.2 Å². The number of hydrogen-bond acceptors (Lipinski definition) is 3. The first kappa shape index (κ1) is 14.6. The minimum Gasteiger partial charge on any atom is -0.472 e. The van der Waals surface area contributed by atoms with E-state index in [1.807, 2.05) is 0 Å². The summed E-state index contributed by atoms with van der Waals surface area (Å²) in [4.78, 5) is 26.1. The maximum absolute atomic E-state index is 12.2. The van der Waals surface area contributed by atoms with Gasteiger partial charge in [0, 0.05) is 19.6 Å². The van der Waals surface area contributed by atoms with Gasteiger partial charge < -0.3 is 14.6 Å². The molecule has 1 aromatic rings. The summed E-state index contributed by atoms with van der Waals surface area (Å²) in [6.07, 6.45) is 4.65. The Morgan fingerprint density at radius 2 is 2.30 bits per heavy atom. The Labute approximate surface area is 119 Å². The van der Waals surface area contributed by atoms with Crippen molar-refractivity contribution in [1.29, 1.82) is 0 Å². The van der Waals surface area contributed by atoms with Gasteiger partial charge in [-0.3, -0.25) is 9.59 Å². The molecule has 5 heteroatoms. The summed E-state index contributed by atoms with van der Waals surface area (Å²) in [6.45, 7) is 6.02. The van der Waals surface area contributed by atoms with Crippen LogP contribution in [-0.4, -0.2) is 36.3 Å². The highest BCUT2D eigenvalue weighted by Gasteiger charge is 2.29. The molecule has 0 spiro atoms. The molecule has 2 rings (SSSR count). The average Bonchev–Trinajstić information content (AvgIpc) is 2.98. The molecule has 1 aromatic heterocycles. The maximum atomic E-state index is 12.2. The zero-order valence-electron chi connectivity index (χ0n) is 12.1. The van der Waals surface area contributed by atoms with Gasteiger partial charge in [0.2, 0.25) is 5.91 Å². The van der Waals surface area contributed by atoms with Crippen LogP contribution >= 0.6 is 0 Å². The van der Waals surface area contributed by atoms with Crippen LogP contribution in [0.15, 0.2) is 23.0 Å². The molecule has 1 atom stereocenters. The van der Waals surface area contributed by atoms with E-state index in [9.17, 15) is 9.59 Å². The second-order valence-electron chi connectivity index (χ2n) is 5.74. The highest BCUT2D eigenvalue weighted by Crippen LogP contribution is 2.19. The lowest BCUT2D eigenvalue weighted by atomic mass is 9.96. The predicted octanol–water partition coefficient (Wildman–Crippen LogP) is 1.90. The third kappa shape index (κ3) is 3.62. The highest BCUT2D eigenvalue weighted by atomic mass is 16.3. The quantitative estimate of drug-likeness (QED) is 0.915. The van der Waals surface area contributed by atoms with Crippen LogP contribution in [0, 0.1) is 11.8 Å². The minimum atomic E-state index is -0.0987. The fraction of sp³-hybridized carbons (Fsp3) is 0.600. The number of carbonyl (C=O) groups excluding carboxylic acids is 2. The van der Waals surface area contributed by atoms with Gasteiger partial charge in [-0.05, 0) is 24.8 Å². The Balaban J connectivity index is 1.91. The van der Waals surface area contributed by atoms with Crippen molar-refractivity contribution in [2.75, 3.05) is 19.6 Å². The molecule has 1 fully saturated rings. The summed E-state index contributed by atoms with van der Waals surface area (Å²) < 4.78 is 4.94. The molecule has 0 aliphatic carbocycles. The first-order valence-electron chi connectivity index (χ1n) is 7.17. The van der Waals surface area contributed by atoms with E-state index in [1.54, 1.807) is 11.0 Å².